The van der Waals surface area contributed by atoms with Gasteiger partial charge in [0.05, 0.1) is 5.60 Å². The molecule has 0 aromatic carbocycles. The smallest absolute Gasteiger partial charge is 0.0850 e. The highest BCUT2D eigenvalue weighted by atomic mass is 16.3. The Kier molecular flexibility index (Phi) is 1.63. The van der Waals surface area contributed by atoms with Crippen molar-refractivity contribution in [3.05, 3.63) is 12.2 Å². The number of allylic oxidation sites excluding steroid dienone is 1. The average molecular weight is 140 g/mol. The highest BCUT2D eigenvalue weighted by Crippen LogP contribution is 2.39. The van der Waals surface area contributed by atoms with Gasteiger partial charge in [-0.1, -0.05) is 26.0 Å². The molecule has 1 aliphatic rings. The van der Waals surface area contributed by atoms with E-state index < -0.39 is 5.60 Å². The third-order valence-electron chi connectivity index (χ3n) is 2.75. The minimum Gasteiger partial charge on any atom is -0.386 e. The van der Waals surface area contributed by atoms with Crippen LogP contribution in [0.25, 0.3) is 0 Å². The summed E-state index contributed by atoms with van der Waals surface area (Å²) in [5.41, 5.74) is -0.562. The molecule has 1 nitrogen and oxygen atoms in total. The SMILES string of the molecule is CC1(O)C=CCCC1(C)C. The van der Waals surface area contributed by atoms with Crippen LogP contribution in [0.1, 0.15) is 33.6 Å². The Bertz CT molecular complexity index is 154. The number of aliphatic hydroxyl groups is 1. The highest BCUT2D eigenvalue weighted by molar-refractivity contribution is 5.10. The van der Waals surface area contributed by atoms with Gasteiger partial charge < -0.3 is 5.11 Å². The van der Waals surface area contributed by atoms with Crippen molar-refractivity contribution >= 4 is 0 Å². The van der Waals surface area contributed by atoms with E-state index in [-0.39, 0.29) is 5.41 Å². The van der Waals surface area contributed by atoms with Gasteiger partial charge in [-0.3, -0.25) is 0 Å². The van der Waals surface area contributed by atoms with Crippen LogP contribution in [0.15, 0.2) is 12.2 Å². The van der Waals surface area contributed by atoms with Crippen LogP contribution in [0.5, 0.6) is 0 Å². The summed E-state index contributed by atoms with van der Waals surface area (Å²) in [4.78, 5) is 0. The van der Waals surface area contributed by atoms with Crippen molar-refractivity contribution in [2.45, 2.75) is 39.2 Å². The maximum atomic E-state index is 9.82. The monoisotopic (exact) mass is 140 g/mol. The van der Waals surface area contributed by atoms with Crippen molar-refractivity contribution in [3.8, 4) is 0 Å². The molecule has 0 amide bonds. The van der Waals surface area contributed by atoms with Gasteiger partial charge in [0.2, 0.25) is 0 Å². The van der Waals surface area contributed by atoms with Crippen molar-refractivity contribution in [3.63, 3.8) is 0 Å². The second-order valence-electron chi connectivity index (χ2n) is 3.97. The molecular weight excluding hydrogens is 124 g/mol. The first-order valence-corrected chi connectivity index (χ1v) is 3.86. The molecule has 1 unspecified atom stereocenters. The molecule has 58 valence electrons. The minimum atomic E-state index is -0.606. The number of hydrogen-bond donors (Lipinski definition) is 1. The lowest BCUT2D eigenvalue weighted by atomic mass is 9.70. The molecule has 1 N–H and O–H groups in total. The van der Waals surface area contributed by atoms with Crippen LogP contribution in [0.3, 0.4) is 0 Å². The Morgan fingerprint density at radius 1 is 1.30 bits per heavy atom. The molecule has 0 fully saturated rings. The second-order valence-corrected chi connectivity index (χ2v) is 3.97. The van der Waals surface area contributed by atoms with Crippen LogP contribution in [-0.2, 0) is 0 Å². The normalized spacial score (nSPS) is 38.0. The first kappa shape index (κ1) is 7.80. The quantitative estimate of drug-likeness (QED) is 0.511. The van der Waals surface area contributed by atoms with E-state index >= 15 is 0 Å². The van der Waals surface area contributed by atoms with Gasteiger partial charge in [-0.05, 0) is 25.2 Å². The number of rotatable bonds is 0. The van der Waals surface area contributed by atoms with Gasteiger partial charge in [-0.2, -0.15) is 0 Å². The summed E-state index contributed by atoms with van der Waals surface area (Å²) in [6.45, 7) is 6.09. The molecule has 0 aromatic heterocycles. The number of hydrogen-bond acceptors (Lipinski definition) is 1. The first-order chi connectivity index (χ1) is 4.46. The summed E-state index contributed by atoms with van der Waals surface area (Å²) in [6.07, 6.45) is 6.15. The predicted molar refractivity (Wildman–Crippen MR) is 42.8 cm³/mol. The van der Waals surface area contributed by atoms with E-state index in [4.69, 9.17) is 0 Å². The Morgan fingerprint density at radius 2 is 1.90 bits per heavy atom. The van der Waals surface area contributed by atoms with Gasteiger partial charge >= 0.3 is 0 Å². The van der Waals surface area contributed by atoms with Crippen LogP contribution in [0, 0.1) is 5.41 Å². The molecule has 10 heavy (non-hydrogen) atoms. The van der Waals surface area contributed by atoms with Crippen molar-refractivity contribution in [2.24, 2.45) is 5.41 Å². The summed E-state index contributed by atoms with van der Waals surface area (Å²) in [5, 5.41) is 9.82. The highest BCUT2D eigenvalue weighted by Gasteiger charge is 2.38. The van der Waals surface area contributed by atoms with Gasteiger partial charge in [0.15, 0.2) is 0 Å². The van der Waals surface area contributed by atoms with Crippen LogP contribution >= 0.6 is 0 Å². The topological polar surface area (TPSA) is 20.2 Å². The molecule has 1 heteroatoms. The minimum absolute atomic E-state index is 0.0434. The van der Waals surface area contributed by atoms with Crippen molar-refractivity contribution in [2.75, 3.05) is 0 Å². The van der Waals surface area contributed by atoms with Gasteiger partial charge in [-0.15, -0.1) is 0 Å². The zero-order valence-electron chi connectivity index (χ0n) is 7.02. The maximum absolute atomic E-state index is 9.82. The van der Waals surface area contributed by atoms with E-state index in [0.29, 0.717) is 0 Å². The molecule has 0 spiro atoms. The molecule has 1 rings (SSSR count). The van der Waals surface area contributed by atoms with Crippen LogP contribution in [0.2, 0.25) is 0 Å². The zero-order valence-corrected chi connectivity index (χ0v) is 7.02. The fourth-order valence-electron chi connectivity index (χ4n) is 1.24. The van der Waals surface area contributed by atoms with Crippen LogP contribution in [-0.4, -0.2) is 10.7 Å². The summed E-state index contributed by atoms with van der Waals surface area (Å²) in [6, 6.07) is 0. The lowest BCUT2D eigenvalue weighted by Gasteiger charge is -2.40. The fraction of sp³-hybridized carbons (Fsp3) is 0.778. The largest absolute Gasteiger partial charge is 0.386 e. The Morgan fingerprint density at radius 3 is 2.20 bits per heavy atom. The molecule has 0 aliphatic heterocycles. The van der Waals surface area contributed by atoms with E-state index in [1.54, 1.807) is 0 Å². The fourth-order valence-corrected chi connectivity index (χ4v) is 1.24. The predicted octanol–water partition coefficient (Wildman–Crippen LogP) is 2.11. The van der Waals surface area contributed by atoms with Gasteiger partial charge in [0.1, 0.15) is 0 Å². The third kappa shape index (κ3) is 1.10. The van der Waals surface area contributed by atoms with Gasteiger partial charge in [-0.25, -0.2) is 0 Å². The van der Waals surface area contributed by atoms with Crippen LogP contribution in [0.4, 0.5) is 0 Å². The van der Waals surface area contributed by atoms with E-state index in [2.05, 4.69) is 19.9 Å². The van der Waals surface area contributed by atoms with E-state index in [9.17, 15) is 5.11 Å². The Labute approximate surface area is 62.8 Å². The Balaban J connectivity index is 2.87. The standard InChI is InChI=1S/C9H16O/c1-8(2)6-4-5-7-9(8,3)10/h5,7,10H,4,6H2,1-3H3. The van der Waals surface area contributed by atoms with Gasteiger partial charge in [0, 0.05) is 0 Å². The molecule has 0 aromatic rings. The van der Waals surface area contributed by atoms with E-state index in [1.807, 2.05) is 13.0 Å². The zero-order chi connectivity index (χ0) is 7.83. The third-order valence-corrected chi connectivity index (χ3v) is 2.75. The summed E-state index contributed by atoms with van der Waals surface area (Å²) >= 11 is 0. The lowest BCUT2D eigenvalue weighted by molar-refractivity contribution is -0.0183. The van der Waals surface area contributed by atoms with Crippen molar-refractivity contribution < 1.29 is 5.11 Å². The van der Waals surface area contributed by atoms with Gasteiger partial charge in [0.25, 0.3) is 0 Å². The van der Waals surface area contributed by atoms with Crippen molar-refractivity contribution in [1.82, 2.24) is 0 Å². The molecule has 0 bridgehead atoms. The lowest BCUT2D eigenvalue weighted by Crippen LogP contribution is -2.41. The van der Waals surface area contributed by atoms with Crippen molar-refractivity contribution in [1.29, 1.82) is 0 Å². The maximum Gasteiger partial charge on any atom is 0.0850 e. The van der Waals surface area contributed by atoms with E-state index in [1.165, 1.54) is 0 Å². The summed E-state index contributed by atoms with van der Waals surface area (Å²) < 4.78 is 0. The molecule has 0 saturated heterocycles. The summed E-state index contributed by atoms with van der Waals surface area (Å²) in [5.74, 6) is 0. The molecule has 0 saturated carbocycles. The van der Waals surface area contributed by atoms with E-state index in [0.717, 1.165) is 12.8 Å². The average Bonchev–Trinajstić information content (AvgIpc) is 1.77. The molecular formula is C9H16O. The second kappa shape index (κ2) is 2.09. The first-order valence-electron chi connectivity index (χ1n) is 3.86. The summed E-state index contributed by atoms with van der Waals surface area (Å²) in [7, 11) is 0. The molecule has 1 aliphatic carbocycles. The molecule has 0 heterocycles. The Hall–Kier alpha value is -0.300. The molecule has 1 atom stereocenters. The van der Waals surface area contributed by atoms with Crippen LogP contribution < -0.4 is 0 Å². The molecule has 0 radical (unpaired) electrons.